The van der Waals surface area contributed by atoms with Gasteiger partial charge < -0.3 is 50.9 Å². The lowest BCUT2D eigenvalue weighted by Crippen LogP contribution is -2.46. The topological polar surface area (TPSA) is 364 Å². The standard InChI is InChI=1S/C29H48N7O17P3S/c1-4-5-6-7-8-9-20(38)57-13-12-31-19(37)10-11-32-27(41)24(40)29(2,3)15-50-56(47,48)53-55(45,46)49-14-18-23(52-54(42,43)44)22(39)28(51-18)36-17-35-21-25(30)33-16-34-26(21)36/h5-6,16-18,22-24,28,39-40H,4,7-15H2,1-3H3,(H,31,37)(H,32,41)(H,45,46)(H,47,48)(H2,30,33,34)(H2,42,43,44)/b6-5+. The van der Waals surface area contributed by atoms with Crippen LogP contribution in [0.1, 0.15) is 59.1 Å². The van der Waals surface area contributed by atoms with E-state index in [1.54, 1.807) is 0 Å². The van der Waals surface area contributed by atoms with Crippen LogP contribution >= 0.6 is 35.2 Å². The average Bonchev–Trinajstić information content (AvgIpc) is 3.68. The van der Waals surface area contributed by atoms with E-state index in [1.807, 2.05) is 19.1 Å². The molecular weight excluding hydrogens is 843 g/mol. The largest absolute Gasteiger partial charge is 0.481 e. The number of hydrogen-bond acceptors (Lipinski definition) is 18. The number of nitrogens with one attached hydrogen (secondary N) is 2. The molecule has 24 nitrogen and oxygen atoms in total. The number of nitrogens with zero attached hydrogens (tertiary/aromatic N) is 4. The molecule has 0 aliphatic carbocycles. The molecule has 10 N–H and O–H groups in total. The molecule has 0 radical (unpaired) electrons. The molecule has 2 aromatic rings. The van der Waals surface area contributed by atoms with Crippen LogP contribution in [0.25, 0.3) is 11.2 Å². The number of aliphatic hydroxyl groups excluding tert-OH is 2. The number of imidazole rings is 1. The molecular formula is C29H48N7O17P3S. The Kier molecular flexibility index (Phi) is 18.4. The van der Waals surface area contributed by atoms with E-state index in [0.29, 0.717) is 12.2 Å². The third kappa shape index (κ3) is 15.8. The zero-order valence-electron chi connectivity index (χ0n) is 31.1. The summed E-state index contributed by atoms with van der Waals surface area (Å²) in [6, 6.07) is 0. The van der Waals surface area contributed by atoms with E-state index in [9.17, 15) is 57.9 Å². The molecule has 28 heteroatoms. The molecule has 1 aliphatic rings. The van der Waals surface area contributed by atoms with Gasteiger partial charge in [0.05, 0.1) is 19.5 Å². The Hall–Kier alpha value is -2.70. The van der Waals surface area contributed by atoms with E-state index < -0.39 is 84.6 Å². The number of nitrogens with two attached hydrogens (primary N) is 1. The number of unbranched alkanes of at least 4 members (excludes halogenated alkanes) is 1. The summed E-state index contributed by atoms with van der Waals surface area (Å²) in [7, 11) is -16.4. The number of ether oxygens (including phenoxy) is 1. The first-order valence-corrected chi connectivity index (χ1v) is 22.8. The fourth-order valence-corrected chi connectivity index (χ4v) is 8.57. The molecule has 2 amide bonds. The van der Waals surface area contributed by atoms with Gasteiger partial charge in [-0.15, -0.1) is 0 Å². The highest BCUT2D eigenvalue weighted by Gasteiger charge is 2.50. The maximum Gasteiger partial charge on any atom is 0.481 e. The summed E-state index contributed by atoms with van der Waals surface area (Å²) >= 11 is 1.11. The molecule has 2 aromatic heterocycles. The summed E-state index contributed by atoms with van der Waals surface area (Å²) in [5.41, 5.74) is 4.27. The SMILES string of the molecule is CC/C=C/CCCC(=O)SCCNC(=O)CCNC(=O)C(O)C(C)(C)COP(=O)(O)OP(=O)(O)OCC1OC(n2cnc3c(N)ncnc32)C(O)C1OP(=O)(O)O. The zero-order chi connectivity index (χ0) is 42.6. The minimum absolute atomic E-state index is 0.0195. The quantitative estimate of drug-likeness (QED) is 0.0400. The van der Waals surface area contributed by atoms with Crippen LogP contribution < -0.4 is 16.4 Å². The lowest BCUT2D eigenvalue weighted by molar-refractivity contribution is -0.137. The smallest absolute Gasteiger partial charge is 0.386 e. The van der Waals surface area contributed by atoms with E-state index in [1.165, 1.54) is 13.8 Å². The van der Waals surface area contributed by atoms with Gasteiger partial charge >= 0.3 is 23.5 Å². The molecule has 1 aliphatic heterocycles. The van der Waals surface area contributed by atoms with Crippen LogP contribution in [0.4, 0.5) is 5.82 Å². The summed E-state index contributed by atoms with van der Waals surface area (Å²) < 4.78 is 62.1. The number of aliphatic hydroxyl groups is 2. The first kappa shape index (κ1) is 48.7. The molecule has 7 atom stereocenters. The number of nitrogen functional groups attached to an aromatic ring is 1. The van der Waals surface area contributed by atoms with E-state index in [4.69, 9.17) is 19.5 Å². The van der Waals surface area contributed by atoms with Crippen LogP contribution in [-0.2, 0) is 50.7 Å². The van der Waals surface area contributed by atoms with Crippen LogP contribution in [0.5, 0.6) is 0 Å². The maximum absolute atomic E-state index is 12.7. The van der Waals surface area contributed by atoms with Crippen molar-refractivity contribution in [1.82, 2.24) is 30.2 Å². The Morgan fingerprint density at radius 1 is 1.05 bits per heavy atom. The van der Waals surface area contributed by atoms with Crippen molar-refractivity contribution in [3.05, 3.63) is 24.8 Å². The summed E-state index contributed by atoms with van der Waals surface area (Å²) in [5.74, 6) is -1.07. The molecule has 1 fully saturated rings. The van der Waals surface area contributed by atoms with Crippen molar-refractivity contribution in [2.45, 2.75) is 83.5 Å². The molecule has 7 unspecified atom stereocenters. The minimum Gasteiger partial charge on any atom is -0.386 e. The van der Waals surface area contributed by atoms with Crippen molar-refractivity contribution < 1.29 is 80.5 Å². The highest BCUT2D eigenvalue weighted by molar-refractivity contribution is 8.13. The van der Waals surface area contributed by atoms with E-state index >= 15 is 0 Å². The number of phosphoric acid groups is 3. The summed E-state index contributed by atoms with van der Waals surface area (Å²) in [4.78, 5) is 87.6. The number of phosphoric ester groups is 3. The van der Waals surface area contributed by atoms with E-state index in [2.05, 4.69) is 34.4 Å². The lowest BCUT2D eigenvalue weighted by atomic mass is 9.87. The fraction of sp³-hybridized carbons (Fsp3) is 0.655. The van der Waals surface area contributed by atoms with Gasteiger partial charge in [-0.05, 0) is 19.3 Å². The van der Waals surface area contributed by atoms with Gasteiger partial charge in [-0.2, -0.15) is 4.31 Å². The summed E-state index contributed by atoms with van der Waals surface area (Å²) in [6.07, 6.45) is 0.0876. The normalized spacial score (nSPS) is 21.6. The zero-order valence-corrected chi connectivity index (χ0v) is 34.6. The number of carbonyl (C=O) groups is 3. The minimum atomic E-state index is -5.57. The Balaban J connectivity index is 1.46. The number of aromatic nitrogens is 4. The van der Waals surface area contributed by atoms with Crippen molar-refractivity contribution in [3.8, 4) is 0 Å². The second-order valence-electron chi connectivity index (χ2n) is 13.1. The van der Waals surface area contributed by atoms with Gasteiger partial charge in [0, 0.05) is 37.1 Å². The Morgan fingerprint density at radius 3 is 2.44 bits per heavy atom. The Morgan fingerprint density at radius 2 is 1.75 bits per heavy atom. The predicted octanol–water partition coefficient (Wildman–Crippen LogP) is 0.801. The van der Waals surface area contributed by atoms with Crippen LogP contribution in [0.15, 0.2) is 24.8 Å². The van der Waals surface area contributed by atoms with Gasteiger partial charge in [0.2, 0.25) is 11.8 Å². The first-order valence-electron chi connectivity index (χ1n) is 17.3. The third-order valence-electron chi connectivity index (χ3n) is 7.92. The number of fused-ring (bicyclic) bond motifs is 1. The Labute approximate surface area is 330 Å². The monoisotopic (exact) mass is 891 g/mol. The molecule has 0 spiro atoms. The van der Waals surface area contributed by atoms with Crippen LogP contribution in [0.3, 0.4) is 0 Å². The maximum atomic E-state index is 12.7. The third-order valence-corrected chi connectivity index (χ3v) is 12.0. The average molecular weight is 892 g/mol. The number of carbonyl (C=O) groups excluding carboxylic acids is 3. The van der Waals surface area contributed by atoms with Crippen molar-refractivity contribution in [2.75, 3.05) is 37.8 Å². The molecule has 322 valence electrons. The van der Waals surface area contributed by atoms with Gasteiger partial charge in [0.15, 0.2) is 22.8 Å². The van der Waals surface area contributed by atoms with Gasteiger partial charge in [-0.1, -0.05) is 44.7 Å². The van der Waals surface area contributed by atoms with Crippen LogP contribution in [0, 0.1) is 5.41 Å². The van der Waals surface area contributed by atoms with Crippen LogP contribution in [-0.4, -0.2) is 123 Å². The summed E-state index contributed by atoms with van der Waals surface area (Å²) in [6.45, 7) is 2.55. The van der Waals surface area contributed by atoms with E-state index in [0.717, 1.165) is 48.2 Å². The number of anilines is 1. The van der Waals surface area contributed by atoms with Gasteiger partial charge in [0.1, 0.15) is 36.3 Å². The fourth-order valence-electron chi connectivity index (χ4n) is 5.02. The Bertz CT molecular complexity index is 1860. The van der Waals surface area contributed by atoms with Crippen molar-refractivity contribution in [2.24, 2.45) is 5.41 Å². The number of hydrogen-bond donors (Lipinski definition) is 9. The molecule has 57 heavy (non-hydrogen) atoms. The molecule has 0 bridgehead atoms. The lowest BCUT2D eigenvalue weighted by Gasteiger charge is -2.30. The molecule has 3 heterocycles. The highest BCUT2D eigenvalue weighted by Crippen LogP contribution is 2.61. The second kappa shape index (κ2) is 21.5. The predicted molar refractivity (Wildman–Crippen MR) is 200 cm³/mol. The highest BCUT2D eigenvalue weighted by atomic mass is 32.2. The summed E-state index contributed by atoms with van der Waals surface area (Å²) in [5, 5.41) is 26.4. The van der Waals surface area contributed by atoms with Gasteiger partial charge in [0.25, 0.3) is 0 Å². The second-order valence-corrected chi connectivity index (χ2v) is 18.4. The van der Waals surface area contributed by atoms with E-state index in [-0.39, 0.29) is 41.6 Å². The van der Waals surface area contributed by atoms with Gasteiger partial charge in [-0.25, -0.2) is 28.6 Å². The number of rotatable bonds is 24. The molecule has 0 saturated carbocycles. The van der Waals surface area contributed by atoms with Crippen molar-refractivity contribution >= 4 is 69.1 Å². The van der Waals surface area contributed by atoms with Crippen molar-refractivity contribution in [1.29, 1.82) is 0 Å². The number of amides is 2. The first-order chi connectivity index (χ1) is 26.6. The number of allylic oxidation sites excluding steroid dienone is 2. The number of thioether (sulfide) groups is 1. The van der Waals surface area contributed by atoms with Gasteiger partial charge in [-0.3, -0.25) is 32.5 Å². The molecule has 1 saturated heterocycles. The van der Waals surface area contributed by atoms with Crippen LogP contribution in [0.2, 0.25) is 0 Å². The molecule has 0 aromatic carbocycles. The van der Waals surface area contributed by atoms with Crippen molar-refractivity contribution in [3.63, 3.8) is 0 Å². The molecule has 3 rings (SSSR count).